The molecule has 0 unspecified atom stereocenters. The molecule has 6 heteroatoms. The Hall–Kier alpha value is -2.08. The van der Waals surface area contributed by atoms with Crippen LogP contribution in [0.5, 0.6) is 5.75 Å². The van der Waals surface area contributed by atoms with Crippen molar-refractivity contribution in [3.63, 3.8) is 0 Å². The smallest absolute Gasteiger partial charge is 0.326 e. The molecule has 1 aromatic rings. The van der Waals surface area contributed by atoms with E-state index < -0.39 is 12.0 Å². The van der Waals surface area contributed by atoms with Crippen LogP contribution in [0.25, 0.3) is 0 Å². The van der Waals surface area contributed by atoms with E-state index in [-0.39, 0.29) is 31.1 Å². The monoisotopic (exact) mass is 295 g/mol. The number of phenols is 1. The van der Waals surface area contributed by atoms with Gasteiger partial charge in [-0.3, -0.25) is 4.79 Å². The number of phenolic OH excluding ortho intramolecular Hbond substituents is 1. The fraction of sp³-hybridized carbons (Fsp3) is 0.467. The predicted octanol–water partition coefficient (Wildman–Crippen LogP) is 1.32. The first kappa shape index (κ1) is 17.0. The summed E-state index contributed by atoms with van der Waals surface area (Å²) in [6.45, 7) is 2.84. The lowest BCUT2D eigenvalue weighted by atomic mass is 10.1. The molecule has 0 aliphatic rings. The van der Waals surface area contributed by atoms with E-state index in [2.05, 4.69) is 5.32 Å². The number of carbonyl (C=O) groups is 2. The molecule has 0 heterocycles. The summed E-state index contributed by atoms with van der Waals surface area (Å²) in [5.41, 5.74) is 0.725. The Bertz CT molecular complexity index is 458. The Kier molecular flexibility index (Phi) is 7.25. The molecule has 0 bridgehead atoms. The number of aromatic hydroxyl groups is 1. The van der Waals surface area contributed by atoms with Gasteiger partial charge in [-0.05, 0) is 24.1 Å². The molecule has 0 spiro atoms. The minimum absolute atomic E-state index is 0.114. The van der Waals surface area contributed by atoms with Crippen molar-refractivity contribution in [2.45, 2.75) is 32.2 Å². The number of ether oxygens (including phenoxy) is 1. The molecule has 1 rings (SSSR count). The molecule has 3 N–H and O–H groups in total. The minimum Gasteiger partial charge on any atom is -0.508 e. The number of carboxylic acid groups (broad SMARTS) is 1. The third kappa shape index (κ3) is 6.76. The zero-order chi connectivity index (χ0) is 15.7. The van der Waals surface area contributed by atoms with Gasteiger partial charge in [-0.1, -0.05) is 19.1 Å². The maximum Gasteiger partial charge on any atom is 0.326 e. The lowest BCUT2D eigenvalue weighted by molar-refractivity contribution is -0.141. The van der Waals surface area contributed by atoms with Crippen LogP contribution in [0.2, 0.25) is 0 Å². The van der Waals surface area contributed by atoms with Gasteiger partial charge in [-0.2, -0.15) is 0 Å². The Balaban J connectivity index is 2.48. The maximum absolute atomic E-state index is 11.7. The number of rotatable bonds is 9. The average Bonchev–Trinajstić information content (AvgIpc) is 2.45. The van der Waals surface area contributed by atoms with Crippen molar-refractivity contribution < 1.29 is 24.5 Å². The normalized spacial score (nSPS) is 11.9. The summed E-state index contributed by atoms with van der Waals surface area (Å²) in [7, 11) is 0. The highest BCUT2D eigenvalue weighted by molar-refractivity contribution is 5.83. The topological polar surface area (TPSA) is 95.9 Å². The second kappa shape index (κ2) is 8.97. The van der Waals surface area contributed by atoms with Crippen molar-refractivity contribution >= 4 is 11.9 Å². The molecule has 0 fully saturated rings. The van der Waals surface area contributed by atoms with E-state index in [1.807, 2.05) is 6.92 Å². The molecule has 6 nitrogen and oxygen atoms in total. The van der Waals surface area contributed by atoms with Gasteiger partial charge < -0.3 is 20.3 Å². The number of amides is 1. The van der Waals surface area contributed by atoms with E-state index in [1.54, 1.807) is 12.1 Å². The van der Waals surface area contributed by atoms with Crippen molar-refractivity contribution in [1.29, 1.82) is 0 Å². The summed E-state index contributed by atoms with van der Waals surface area (Å²) < 4.78 is 5.19. The average molecular weight is 295 g/mol. The van der Waals surface area contributed by atoms with Gasteiger partial charge in [0.05, 0.1) is 6.61 Å². The van der Waals surface area contributed by atoms with Crippen LogP contribution < -0.4 is 5.32 Å². The number of nitrogens with one attached hydrogen (secondary N) is 1. The van der Waals surface area contributed by atoms with E-state index in [0.29, 0.717) is 6.61 Å². The van der Waals surface area contributed by atoms with Crippen molar-refractivity contribution in [2.24, 2.45) is 0 Å². The van der Waals surface area contributed by atoms with E-state index in [1.165, 1.54) is 12.1 Å². The van der Waals surface area contributed by atoms with Gasteiger partial charge in [0.25, 0.3) is 0 Å². The molecule has 0 aromatic heterocycles. The van der Waals surface area contributed by atoms with Gasteiger partial charge in [-0.15, -0.1) is 0 Å². The van der Waals surface area contributed by atoms with Crippen LogP contribution in [0.1, 0.15) is 25.3 Å². The zero-order valence-electron chi connectivity index (χ0n) is 12.0. The number of carbonyl (C=O) groups excluding carboxylic acids is 1. The van der Waals surface area contributed by atoms with Crippen LogP contribution in [-0.2, 0) is 20.7 Å². The fourth-order valence-electron chi connectivity index (χ4n) is 1.75. The first-order chi connectivity index (χ1) is 10.0. The summed E-state index contributed by atoms with van der Waals surface area (Å²) in [4.78, 5) is 22.9. The van der Waals surface area contributed by atoms with Crippen LogP contribution >= 0.6 is 0 Å². The Morgan fingerprint density at radius 3 is 2.48 bits per heavy atom. The van der Waals surface area contributed by atoms with Crippen LogP contribution in [0.4, 0.5) is 0 Å². The van der Waals surface area contributed by atoms with Gasteiger partial charge in [0.15, 0.2) is 0 Å². The van der Waals surface area contributed by atoms with Crippen molar-refractivity contribution in [3.8, 4) is 5.75 Å². The van der Waals surface area contributed by atoms with Crippen LogP contribution in [-0.4, -0.2) is 41.3 Å². The van der Waals surface area contributed by atoms with Gasteiger partial charge in [0, 0.05) is 19.4 Å². The Morgan fingerprint density at radius 2 is 1.90 bits per heavy atom. The van der Waals surface area contributed by atoms with Gasteiger partial charge >= 0.3 is 5.97 Å². The highest BCUT2D eigenvalue weighted by Crippen LogP contribution is 2.11. The largest absolute Gasteiger partial charge is 0.508 e. The molecule has 21 heavy (non-hydrogen) atoms. The van der Waals surface area contributed by atoms with Crippen molar-refractivity contribution in [1.82, 2.24) is 5.32 Å². The van der Waals surface area contributed by atoms with Gasteiger partial charge in [0.2, 0.25) is 5.91 Å². The zero-order valence-corrected chi connectivity index (χ0v) is 12.0. The second-order valence-corrected chi connectivity index (χ2v) is 4.69. The number of hydrogen-bond donors (Lipinski definition) is 3. The standard InChI is InChI=1S/C15H21NO5/c1-2-8-21-9-7-14(18)16-13(15(19)20)10-11-3-5-12(17)6-4-11/h3-6,13,17H,2,7-10H2,1H3,(H,16,18)(H,19,20)/t13-/m1/s1. The van der Waals surface area contributed by atoms with E-state index in [9.17, 15) is 14.7 Å². The first-order valence-electron chi connectivity index (χ1n) is 6.90. The third-order valence-electron chi connectivity index (χ3n) is 2.83. The Labute approximate surface area is 123 Å². The molecule has 0 aliphatic carbocycles. The van der Waals surface area contributed by atoms with E-state index >= 15 is 0 Å². The van der Waals surface area contributed by atoms with Crippen LogP contribution in [0.15, 0.2) is 24.3 Å². The van der Waals surface area contributed by atoms with Crippen LogP contribution in [0.3, 0.4) is 0 Å². The molecule has 1 atom stereocenters. The van der Waals surface area contributed by atoms with E-state index in [4.69, 9.17) is 9.84 Å². The summed E-state index contributed by atoms with van der Waals surface area (Å²) >= 11 is 0. The Morgan fingerprint density at radius 1 is 1.24 bits per heavy atom. The number of benzene rings is 1. The molecule has 0 radical (unpaired) electrons. The maximum atomic E-state index is 11.7. The molecule has 116 valence electrons. The van der Waals surface area contributed by atoms with Crippen LogP contribution in [0, 0.1) is 0 Å². The molecule has 0 saturated carbocycles. The molecular formula is C15H21NO5. The highest BCUT2D eigenvalue weighted by atomic mass is 16.5. The lowest BCUT2D eigenvalue weighted by Gasteiger charge is -2.14. The third-order valence-corrected chi connectivity index (χ3v) is 2.83. The SMILES string of the molecule is CCCOCCC(=O)N[C@H](Cc1ccc(O)cc1)C(=O)O. The number of carboxylic acids is 1. The summed E-state index contributed by atoms with van der Waals surface area (Å²) in [5, 5.41) is 20.8. The van der Waals surface area contributed by atoms with Crippen molar-refractivity contribution in [2.75, 3.05) is 13.2 Å². The first-order valence-corrected chi connectivity index (χ1v) is 6.90. The molecule has 0 saturated heterocycles. The quantitative estimate of drug-likeness (QED) is 0.597. The minimum atomic E-state index is -1.09. The number of aliphatic carboxylic acids is 1. The second-order valence-electron chi connectivity index (χ2n) is 4.69. The molecular weight excluding hydrogens is 274 g/mol. The van der Waals surface area contributed by atoms with E-state index in [0.717, 1.165) is 12.0 Å². The summed E-state index contributed by atoms with van der Waals surface area (Å²) in [6, 6.07) is 5.22. The highest BCUT2D eigenvalue weighted by Gasteiger charge is 2.20. The van der Waals surface area contributed by atoms with Crippen molar-refractivity contribution in [3.05, 3.63) is 29.8 Å². The number of hydrogen-bond acceptors (Lipinski definition) is 4. The lowest BCUT2D eigenvalue weighted by Crippen LogP contribution is -2.42. The summed E-state index contributed by atoms with van der Waals surface area (Å²) in [5.74, 6) is -1.33. The molecule has 1 aromatic carbocycles. The fourth-order valence-corrected chi connectivity index (χ4v) is 1.75. The summed E-state index contributed by atoms with van der Waals surface area (Å²) in [6.07, 6.45) is 1.18. The van der Waals surface area contributed by atoms with Gasteiger partial charge in [0.1, 0.15) is 11.8 Å². The molecule has 0 aliphatic heterocycles. The predicted molar refractivity (Wildman–Crippen MR) is 77.1 cm³/mol. The van der Waals surface area contributed by atoms with Gasteiger partial charge in [-0.25, -0.2) is 4.79 Å². The molecule has 1 amide bonds.